The lowest BCUT2D eigenvalue weighted by Gasteiger charge is -2.02. The first-order valence-electron chi connectivity index (χ1n) is 3.25. The molecule has 1 heterocycles. The molecule has 1 rings (SSSR count). The van der Waals surface area contributed by atoms with Crippen molar-refractivity contribution in [2.45, 2.75) is 11.8 Å². The van der Waals surface area contributed by atoms with E-state index < -0.39 is 0 Å². The van der Waals surface area contributed by atoms with Gasteiger partial charge in [0.25, 0.3) is 0 Å². The molecule has 60 valence electrons. The lowest BCUT2D eigenvalue weighted by Crippen LogP contribution is -2.00. The second-order valence-electron chi connectivity index (χ2n) is 1.94. The molecule has 0 amide bonds. The topological polar surface area (TPSA) is 77.8 Å². The van der Waals surface area contributed by atoms with Crippen molar-refractivity contribution in [3.05, 3.63) is 6.20 Å². The maximum atomic E-state index is 5.62. The highest BCUT2D eigenvalue weighted by atomic mass is 32.2. The molecular formula is C6H10N4S. The van der Waals surface area contributed by atoms with E-state index in [0.717, 1.165) is 10.6 Å². The molecule has 4 N–H and O–H groups in total. The predicted octanol–water partition coefficient (Wildman–Crippen LogP) is 0.753. The van der Waals surface area contributed by atoms with Gasteiger partial charge in [0.1, 0.15) is 0 Å². The quantitative estimate of drug-likeness (QED) is 0.640. The minimum Gasteiger partial charge on any atom is -0.395 e. The summed E-state index contributed by atoms with van der Waals surface area (Å²) in [6.07, 6.45) is 1.62. The third-order valence-corrected chi connectivity index (χ3v) is 2.11. The van der Waals surface area contributed by atoms with Crippen molar-refractivity contribution in [1.82, 2.24) is 10.2 Å². The van der Waals surface area contributed by atoms with Gasteiger partial charge in [0.2, 0.25) is 0 Å². The van der Waals surface area contributed by atoms with Crippen molar-refractivity contribution < 1.29 is 0 Å². The highest BCUT2D eigenvalue weighted by Gasteiger charge is 2.02. The zero-order valence-electron chi connectivity index (χ0n) is 6.24. The van der Waals surface area contributed by atoms with Gasteiger partial charge in [-0.2, -0.15) is 5.10 Å². The Morgan fingerprint density at radius 2 is 2.27 bits per heavy atom. The summed E-state index contributed by atoms with van der Waals surface area (Å²) < 4.78 is 0. The van der Waals surface area contributed by atoms with Gasteiger partial charge in [-0.3, -0.25) is 0 Å². The molecule has 0 atom stereocenters. The molecule has 0 saturated carbocycles. The predicted molar refractivity (Wildman–Crippen MR) is 47.3 cm³/mol. The highest BCUT2D eigenvalue weighted by molar-refractivity contribution is 7.99. The molecule has 0 spiro atoms. The van der Waals surface area contributed by atoms with Crippen molar-refractivity contribution >= 4 is 23.3 Å². The first-order chi connectivity index (χ1) is 5.25. The van der Waals surface area contributed by atoms with Gasteiger partial charge >= 0.3 is 0 Å². The van der Waals surface area contributed by atoms with Gasteiger partial charge in [0.15, 0.2) is 5.82 Å². The summed E-state index contributed by atoms with van der Waals surface area (Å²) in [4.78, 5) is 0.903. The van der Waals surface area contributed by atoms with Crippen LogP contribution < -0.4 is 11.5 Å². The number of nitrogen functional groups attached to an aromatic ring is 2. The van der Waals surface area contributed by atoms with Gasteiger partial charge in [0, 0.05) is 0 Å². The minimum atomic E-state index is 0.309. The normalized spacial score (nSPS) is 9.91. The van der Waals surface area contributed by atoms with E-state index in [1.807, 2.05) is 6.92 Å². The fourth-order valence-corrected chi connectivity index (χ4v) is 1.36. The van der Waals surface area contributed by atoms with Crippen LogP contribution >= 0.6 is 11.8 Å². The maximum absolute atomic E-state index is 5.62. The van der Waals surface area contributed by atoms with Crippen LogP contribution in [0.5, 0.6) is 0 Å². The highest BCUT2D eigenvalue weighted by Crippen LogP contribution is 2.25. The van der Waals surface area contributed by atoms with Crippen LogP contribution in [0.1, 0.15) is 6.92 Å². The van der Waals surface area contributed by atoms with Crippen LogP contribution in [0, 0.1) is 0 Å². The second-order valence-corrected chi connectivity index (χ2v) is 3.25. The number of nitrogens with two attached hydrogens (primary N) is 2. The number of hydrogen-bond acceptors (Lipinski definition) is 5. The Balaban J connectivity index is 2.96. The Morgan fingerprint density at radius 1 is 1.55 bits per heavy atom. The van der Waals surface area contributed by atoms with E-state index in [1.54, 1.807) is 18.0 Å². The molecule has 5 heteroatoms. The third-order valence-electron chi connectivity index (χ3n) is 1.18. The Morgan fingerprint density at radius 3 is 2.91 bits per heavy atom. The fraction of sp³-hybridized carbons (Fsp3) is 0.333. The van der Waals surface area contributed by atoms with E-state index in [2.05, 4.69) is 10.2 Å². The fourth-order valence-electron chi connectivity index (χ4n) is 0.664. The van der Waals surface area contributed by atoms with E-state index in [1.165, 1.54) is 0 Å². The first-order valence-corrected chi connectivity index (χ1v) is 4.23. The number of thioether (sulfide) groups is 1. The monoisotopic (exact) mass is 170 g/mol. The van der Waals surface area contributed by atoms with Gasteiger partial charge in [-0.05, 0) is 5.75 Å². The van der Waals surface area contributed by atoms with Crippen molar-refractivity contribution in [2.24, 2.45) is 0 Å². The van der Waals surface area contributed by atoms with Gasteiger partial charge in [-0.1, -0.05) is 6.92 Å². The molecule has 0 radical (unpaired) electrons. The van der Waals surface area contributed by atoms with Crippen LogP contribution in [0.15, 0.2) is 11.1 Å². The van der Waals surface area contributed by atoms with Crippen molar-refractivity contribution in [3.63, 3.8) is 0 Å². The molecule has 4 nitrogen and oxygen atoms in total. The van der Waals surface area contributed by atoms with Crippen molar-refractivity contribution in [1.29, 1.82) is 0 Å². The second kappa shape index (κ2) is 3.43. The summed E-state index contributed by atoms with van der Waals surface area (Å²) in [6.45, 7) is 2.04. The minimum absolute atomic E-state index is 0.309. The van der Waals surface area contributed by atoms with Crippen LogP contribution in [0.3, 0.4) is 0 Å². The zero-order valence-corrected chi connectivity index (χ0v) is 7.06. The first kappa shape index (κ1) is 8.13. The van der Waals surface area contributed by atoms with E-state index in [9.17, 15) is 0 Å². The Bertz CT molecular complexity index is 250. The van der Waals surface area contributed by atoms with Crippen molar-refractivity contribution in [3.8, 4) is 0 Å². The smallest absolute Gasteiger partial charge is 0.170 e. The molecule has 0 aliphatic rings. The number of hydrogen-bond donors (Lipinski definition) is 2. The van der Waals surface area contributed by atoms with Crippen LogP contribution in [0.2, 0.25) is 0 Å². The summed E-state index contributed by atoms with van der Waals surface area (Å²) >= 11 is 1.61. The van der Waals surface area contributed by atoms with E-state index >= 15 is 0 Å². The lowest BCUT2D eigenvalue weighted by molar-refractivity contribution is 1.01. The van der Waals surface area contributed by atoms with E-state index in [4.69, 9.17) is 11.5 Å². The molecule has 1 aromatic rings. The molecule has 0 unspecified atom stereocenters. The molecule has 1 aromatic heterocycles. The average molecular weight is 170 g/mol. The van der Waals surface area contributed by atoms with Crippen LogP contribution in [-0.2, 0) is 0 Å². The maximum Gasteiger partial charge on any atom is 0.170 e. The molecule has 0 aliphatic carbocycles. The Hall–Kier alpha value is -0.970. The molecule has 0 aromatic carbocycles. The summed E-state index contributed by atoms with van der Waals surface area (Å²) in [5.41, 5.74) is 11.6. The molecule has 0 fully saturated rings. The SMILES string of the molecule is CCSc1cnnc(N)c1N. The average Bonchev–Trinajstić information content (AvgIpc) is 1.99. The van der Waals surface area contributed by atoms with Crippen LogP contribution in [0.4, 0.5) is 11.5 Å². The summed E-state index contributed by atoms with van der Waals surface area (Å²) in [6, 6.07) is 0. The largest absolute Gasteiger partial charge is 0.395 e. The molecule has 0 saturated heterocycles. The third kappa shape index (κ3) is 1.74. The van der Waals surface area contributed by atoms with Gasteiger partial charge < -0.3 is 11.5 Å². The van der Waals surface area contributed by atoms with Gasteiger partial charge in [0.05, 0.1) is 16.8 Å². The number of anilines is 2. The van der Waals surface area contributed by atoms with E-state index in [0.29, 0.717) is 11.5 Å². The molecular weight excluding hydrogens is 160 g/mol. The van der Waals surface area contributed by atoms with Crippen LogP contribution in [-0.4, -0.2) is 16.0 Å². The number of aromatic nitrogens is 2. The molecule has 11 heavy (non-hydrogen) atoms. The van der Waals surface area contributed by atoms with Gasteiger partial charge in [-0.25, -0.2) is 0 Å². The summed E-state index contributed by atoms with van der Waals surface area (Å²) in [7, 11) is 0. The Labute approximate surface area is 69.4 Å². The van der Waals surface area contributed by atoms with Gasteiger partial charge in [-0.15, -0.1) is 16.9 Å². The van der Waals surface area contributed by atoms with Crippen molar-refractivity contribution in [2.75, 3.05) is 17.2 Å². The summed E-state index contributed by atoms with van der Waals surface area (Å²) in [5.74, 6) is 1.26. The molecule has 0 bridgehead atoms. The number of rotatable bonds is 2. The molecule has 0 aliphatic heterocycles. The standard InChI is InChI=1S/C6H10N4S/c1-2-11-4-3-9-10-6(8)5(4)7/h3H,2H2,1H3,(H2,7,9)(H2,8,10). The number of nitrogens with zero attached hydrogens (tertiary/aromatic N) is 2. The summed E-state index contributed by atoms with van der Waals surface area (Å²) in [5, 5.41) is 7.30. The van der Waals surface area contributed by atoms with E-state index in [-0.39, 0.29) is 0 Å². The zero-order chi connectivity index (χ0) is 8.27. The Kier molecular flexibility index (Phi) is 2.53. The lowest BCUT2D eigenvalue weighted by atomic mass is 10.4. The van der Waals surface area contributed by atoms with Crippen LogP contribution in [0.25, 0.3) is 0 Å².